The maximum absolute atomic E-state index is 14.1. The summed E-state index contributed by atoms with van der Waals surface area (Å²) < 4.78 is 25.4. The molecule has 0 spiro atoms. The number of fused-ring (bicyclic) bond motifs is 1. The number of morpholine rings is 1. The Morgan fingerprint density at radius 2 is 1.96 bits per heavy atom. The molecule has 0 atom stereocenters. The third-order valence-corrected chi connectivity index (χ3v) is 5.79. The van der Waals surface area contributed by atoms with Crippen LogP contribution in [0, 0.1) is 19.7 Å². The van der Waals surface area contributed by atoms with Crippen molar-refractivity contribution < 1.29 is 18.8 Å². The third-order valence-electron chi connectivity index (χ3n) is 4.69. The number of nitrogens with zero attached hydrogens (tertiary/aromatic N) is 2. The van der Waals surface area contributed by atoms with E-state index < -0.39 is 5.82 Å². The van der Waals surface area contributed by atoms with Gasteiger partial charge in [-0.1, -0.05) is 12.1 Å². The Labute approximate surface area is 155 Å². The van der Waals surface area contributed by atoms with E-state index in [0.717, 1.165) is 47.9 Å². The Morgan fingerprint density at radius 1 is 1.19 bits per heavy atom. The van der Waals surface area contributed by atoms with Crippen LogP contribution in [0.5, 0.6) is 11.6 Å². The van der Waals surface area contributed by atoms with E-state index in [-0.39, 0.29) is 5.75 Å². The van der Waals surface area contributed by atoms with Crippen LogP contribution in [-0.2, 0) is 11.3 Å². The molecule has 0 saturated carbocycles. The Kier molecular flexibility index (Phi) is 4.84. The van der Waals surface area contributed by atoms with Crippen LogP contribution in [0.2, 0.25) is 0 Å². The predicted molar refractivity (Wildman–Crippen MR) is 98.6 cm³/mol. The maximum atomic E-state index is 14.1. The molecule has 5 nitrogen and oxygen atoms in total. The highest BCUT2D eigenvalue weighted by Crippen LogP contribution is 2.36. The monoisotopic (exact) mass is 374 g/mol. The van der Waals surface area contributed by atoms with E-state index in [1.165, 1.54) is 15.8 Å². The average Bonchev–Trinajstić information content (AvgIpc) is 2.92. The molecule has 3 aromatic rings. The number of halogens is 1. The molecule has 26 heavy (non-hydrogen) atoms. The van der Waals surface area contributed by atoms with E-state index in [9.17, 15) is 4.39 Å². The first-order valence-electron chi connectivity index (χ1n) is 8.72. The lowest BCUT2D eigenvalue weighted by atomic mass is 10.2. The van der Waals surface area contributed by atoms with Crippen molar-refractivity contribution in [2.75, 3.05) is 26.3 Å². The molecule has 1 N–H and O–H groups in total. The lowest BCUT2D eigenvalue weighted by molar-refractivity contribution is -0.922. The number of nitrogens with one attached hydrogen (secondary N) is 1. The summed E-state index contributed by atoms with van der Waals surface area (Å²) in [5.41, 5.74) is 1.08. The smallest absolute Gasteiger partial charge is 0.231 e. The molecule has 1 aliphatic heterocycles. The molecular formula is C19H21FN3O2S+. The highest BCUT2D eigenvalue weighted by atomic mass is 32.1. The number of hydrogen-bond donors (Lipinski definition) is 1. The van der Waals surface area contributed by atoms with Crippen LogP contribution in [0.15, 0.2) is 24.3 Å². The third kappa shape index (κ3) is 3.42. The summed E-state index contributed by atoms with van der Waals surface area (Å²) in [6, 6.07) is 6.40. The fourth-order valence-electron chi connectivity index (χ4n) is 3.10. The molecule has 0 amide bonds. The quantitative estimate of drug-likeness (QED) is 0.763. The molecule has 136 valence electrons. The van der Waals surface area contributed by atoms with E-state index in [0.29, 0.717) is 12.4 Å². The summed E-state index contributed by atoms with van der Waals surface area (Å²) in [5, 5.41) is 0.872. The minimum Gasteiger partial charge on any atom is -0.435 e. The highest BCUT2D eigenvalue weighted by Gasteiger charge is 2.21. The fourth-order valence-corrected chi connectivity index (χ4v) is 4.14. The number of thiophene rings is 1. The standard InChI is InChI=1S/C19H20FN3O2S/c1-12-13(2)26-19-17(12)18(25-15-6-4-3-5-14(15)20)21-16(22-19)11-23-7-9-24-10-8-23/h3-6H,7-11H2,1-2H3/p+1. The molecule has 0 radical (unpaired) electrons. The van der Waals surface area contributed by atoms with E-state index in [4.69, 9.17) is 14.5 Å². The Bertz CT molecular complexity index is 938. The number of quaternary nitrogens is 1. The Morgan fingerprint density at radius 3 is 2.73 bits per heavy atom. The first kappa shape index (κ1) is 17.3. The minimum absolute atomic E-state index is 0.181. The van der Waals surface area contributed by atoms with Crippen molar-refractivity contribution in [2.24, 2.45) is 0 Å². The molecule has 4 rings (SSSR count). The van der Waals surface area contributed by atoms with Crippen LogP contribution in [0.4, 0.5) is 4.39 Å². The topological polar surface area (TPSA) is 48.7 Å². The van der Waals surface area contributed by atoms with Gasteiger partial charge >= 0.3 is 0 Å². The Hall–Kier alpha value is -2.09. The number of ether oxygens (including phenoxy) is 2. The molecule has 7 heteroatoms. The summed E-state index contributed by atoms with van der Waals surface area (Å²) in [6.07, 6.45) is 0. The molecular weight excluding hydrogens is 353 g/mol. The van der Waals surface area contributed by atoms with Gasteiger partial charge in [-0.25, -0.2) is 9.37 Å². The van der Waals surface area contributed by atoms with Crippen molar-refractivity contribution in [3.8, 4) is 11.6 Å². The molecule has 0 aliphatic carbocycles. The molecule has 2 aromatic heterocycles. The molecule has 0 bridgehead atoms. The molecule has 3 heterocycles. The normalized spacial score (nSPS) is 15.5. The predicted octanol–water partition coefficient (Wildman–Crippen LogP) is 2.65. The van der Waals surface area contributed by atoms with Gasteiger partial charge in [-0.2, -0.15) is 4.98 Å². The summed E-state index contributed by atoms with van der Waals surface area (Å²) in [4.78, 5) is 12.8. The van der Waals surface area contributed by atoms with Gasteiger partial charge in [-0.15, -0.1) is 11.3 Å². The lowest BCUT2D eigenvalue weighted by Gasteiger charge is -2.23. The van der Waals surface area contributed by atoms with Crippen molar-refractivity contribution >= 4 is 21.6 Å². The van der Waals surface area contributed by atoms with Gasteiger partial charge in [0, 0.05) is 4.88 Å². The number of hydrogen-bond acceptors (Lipinski definition) is 5. The number of para-hydroxylation sites is 1. The first-order chi connectivity index (χ1) is 12.6. The molecule has 1 aliphatic rings. The lowest BCUT2D eigenvalue weighted by Crippen LogP contribution is -3.12. The van der Waals surface area contributed by atoms with Gasteiger partial charge in [-0.3, -0.25) is 0 Å². The largest absolute Gasteiger partial charge is 0.435 e. The van der Waals surface area contributed by atoms with Crippen molar-refractivity contribution in [2.45, 2.75) is 20.4 Å². The van der Waals surface area contributed by atoms with Crippen LogP contribution in [-0.4, -0.2) is 36.3 Å². The summed E-state index contributed by atoms with van der Waals surface area (Å²) in [5.74, 6) is 0.941. The number of aromatic nitrogens is 2. The highest BCUT2D eigenvalue weighted by molar-refractivity contribution is 7.18. The molecule has 1 aromatic carbocycles. The van der Waals surface area contributed by atoms with Gasteiger partial charge in [-0.05, 0) is 31.5 Å². The van der Waals surface area contributed by atoms with Gasteiger partial charge < -0.3 is 14.4 Å². The molecule has 1 saturated heterocycles. The minimum atomic E-state index is -0.399. The summed E-state index contributed by atoms with van der Waals surface area (Å²) >= 11 is 1.63. The van der Waals surface area contributed by atoms with Crippen molar-refractivity contribution in [3.05, 3.63) is 46.3 Å². The summed E-state index contributed by atoms with van der Waals surface area (Å²) in [6.45, 7) is 8.19. The van der Waals surface area contributed by atoms with Gasteiger partial charge in [0.1, 0.15) is 24.5 Å². The SMILES string of the molecule is Cc1sc2nc(C[NH+]3CCOCC3)nc(Oc3ccccc3F)c2c1C. The van der Waals surface area contributed by atoms with Gasteiger partial charge in [0.15, 0.2) is 17.4 Å². The van der Waals surface area contributed by atoms with Crippen LogP contribution in [0.1, 0.15) is 16.3 Å². The number of aryl methyl sites for hydroxylation is 2. The van der Waals surface area contributed by atoms with E-state index >= 15 is 0 Å². The second kappa shape index (κ2) is 7.26. The molecule has 1 fully saturated rings. The van der Waals surface area contributed by atoms with Gasteiger partial charge in [0.25, 0.3) is 0 Å². The second-order valence-electron chi connectivity index (χ2n) is 6.48. The van der Waals surface area contributed by atoms with Crippen LogP contribution in [0.3, 0.4) is 0 Å². The zero-order chi connectivity index (χ0) is 18.1. The average molecular weight is 374 g/mol. The van der Waals surface area contributed by atoms with Crippen LogP contribution in [0.25, 0.3) is 10.2 Å². The Balaban J connectivity index is 1.74. The molecule has 0 unspecified atom stereocenters. The van der Waals surface area contributed by atoms with Crippen LogP contribution < -0.4 is 9.64 Å². The second-order valence-corrected chi connectivity index (χ2v) is 7.68. The van der Waals surface area contributed by atoms with E-state index in [2.05, 4.69) is 11.9 Å². The van der Waals surface area contributed by atoms with E-state index in [1.807, 2.05) is 6.92 Å². The first-order valence-corrected chi connectivity index (χ1v) is 9.54. The van der Waals surface area contributed by atoms with Crippen molar-refractivity contribution in [1.29, 1.82) is 0 Å². The zero-order valence-corrected chi connectivity index (χ0v) is 15.7. The summed E-state index contributed by atoms with van der Waals surface area (Å²) in [7, 11) is 0. The fraction of sp³-hybridized carbons (Fsp3) is 0.368. The van der Waals surface area contributed by atoms with Crippen molar-refractivity contribution in [1.82, 2.24) is 9.97 Å². The van der Waals surface area contributed by atoms with Gasteiger partial charge in [0.2, 0.25) is 5.88 Å². The van der Waals surface area contributed by atoms with Crippen molar-refractivity contribution in [3.63, 3.8) is 0 Å². The van der Waals surface area contributed by atoms with E-state index in [1.54, 1.807) is 29.5 Å². The zero-order valence-electron chi connectivity index (χ0n) is 14.8. The number of rotatable bonds is 4. The number of benzene rings is 1. The van der Waals surface area contributed by atoms with Crippen LogP contribution >= 0.6 is 11.3 Å². The maximum Gasteiger partial charge on any atom is 0.231 e. The van der Waals surface area contributed by atoms with Gasteiger partial charge in [0.05, 0.1) is 18.6 Å².